The van der Waals surface area contributed by atoms with E-state index in [9.17, 15) is 10.0 Å². The maximum Gasteiger partial charge on any atom is 0.248 e. The van der Waals surface area contributed by atoms with Gasteiger partial charge in [0.2, 0.25) is 5.91 Å². The number of aromatic nitrogens is 2. The van der Waals surface area contributed by atoms with Crippen molar-refractivity contribution in [2.24, 2.45) is 0 Å². The Morgan fingerprint density at radius 3 is 2.53 bits per heavy atom. The zero-order valence-electron chi connectivity index (χ0n) is 16.5. The van der Waals surface area contributed by atoms with E-state index in [1.807, 2.05) is 79.7 Å². The molecule has 4 aromatic rings. The lowest BCUT2D eigenvalue weighted by atomic mass is 10.2. The molecule has 1 amide bonds. The van der Waals surface area contributed by atoms with Crippen LogP contribution in [-0.2, 0) is 4.79 Å². The normalized spacial score (nSPS) is 11.5. The lowest BCUT2D eigenvalue weighted by Crippen LogP contribution is -2.07. The van der Waals surface area contributed by atoms with Gasteiger partial charge in [0.05, 0.1) is 5.52 Å². The van der Waals surface area contributed by atoms with Gasteiger partial charge < -0.3 is 10.5 Å². The highest BCUT2D eigenvalue weighted by Crippen LogP contribution is 2.25. The number of benzene rings is 3. The maximum atomic E-state index is 12.1. The summed E-state index contributed by atoms with van der Waals surface area (Å²) >= 11 is 0. The van der Waals surface area contributed by atoms with Crippen LogP contribution in [0.25, 0.3) is 28.5 Å². The minimum atomic E-state index is -0.217. The number of rotatable bonds is 5. The van der Waals surface area contributed by atoms with Gasteiger partial charge in [-0.1, -0.05) is 54.6 Å². The van der Waals surface area contributed by atoms with Crippen LogP contribution in [0.15, 0.2) is 91.0 Å². The van der Waals surface area contributed by atoms with Crippen LogP contribution >= 0.6 is 0 Å². The number of aryl methyl sites for hydroxylation is 1. The van der Waals surface area contributed by atoms with Gasteiger partial charge >= 0.3 is 0 Å². The third-order valence-electron chi connectivity index (χ3n) is 4.64. The second-order valence-electron chi connectivity index (χ2n) is 6.93. The Balaban J connectivity index is 1.42. The summed E-state index contributed by atoms with van der Waals surface area (Å²) in [6.07, 6.45) is 6.93. The largest absolute Gasteiger partial charge is 0.426 e. The molecule has 1 heterocycles. The first-order chi connectivity index (χ1) is 14.6. The van der Waals surface area contributed by atoms with E-state index in [-0.39, 0.29) is 5.91 Å². The van der Waals surface area contributed by atoms with Crippen molar-refractivity contribution in [3.8, 4) is 11.4 Å². The summed E-state index contributed by atoms with van der Waals surface area (Å²) < 4.78 is 1.09. The van der Waals surface area contributed by atoms with Gasteiger partial charge in [-0.05, 0) is 54.4 Å². The van der Waals surface area contributed by atoms with Crippen molar-refractivity contribution in [1.29, 1.82) is 0 Å². The third-order valence-corrected chi connectivity index (χ3v) is 4.64. The Labute approximate surface area is 174 Å². The molecule has 0 aliphatic carbocycles. The monoisotopic (exact) mass is 395 g/mol. The van der Waals surface area contributed by atoms with Crippen LogP contribution in [0.3, 0.4) is 0 Å². The summed E-state index contributed by atoms with van der Waals surface area (Å²) in [5, 5.41) is 13.3. The number of fused-ring (bicyclic) bond motifs is 1. The van der Waals surface area contributed by atoms with Crippen LogP contribution in [0, 0.1) is 6.92 Å². The zero-order valence-corrected chi connectivity index (χ0v) is 16.5. The van der Waals surface area contributed by atoms with Crippen molar-refractivity contribution in [2.45, 2.75) is 6.92 Å². The summed E-state index contributed by atoms with van der Waals surface area (Å²) in [6.45, 7) is 1.97. The lowest BCUT2D eigenvalue weighted by molar-refractivity contribution is -0.111. The molecule has 0 saturated heterocycles. The summed E-state index contributed by atoms with van der Waals surface area (Å²) in [6, 6.07) is 22.8. The summed E-state index contributed by atoms with van der Waals surface area (Å²) in [5.41, 5.74) is 4.93. The second-order valence-corrected chi connectivity index (χ2v) is 6.93. The molecular weight excluding hydrogens is 374 g/mol. The van der Waals surface area contributed by atoms with E-state index >= 15 is 0 Å². The molecule has 0 bridgehead atoms. The predicted molar refractivity (Wildman–Crippen MR) is 120 cm³/mol. The van der Waals surface area contributed by atoms with Crippen LogP contribution in [0.1, 0.15) is 11.1 Å². The second kappa shape index (κ2) is 8.49. The molecule has 0 unspecified atom stereocenters. The highest BCUT2D eigenvalue weighted by molar-refractivity contribution is 5.99. The number of allylic oxidation sites excluding steroid dienone is 2. The SMILES string of the molecule is Cc1ccc2nc(-c3ccc(NC(=O)/C=C/C=C/c4ccccc4)cc3)n(O)c2c1. The average Bonchev–Trinajstić information content (AvgIpc) is 3.08. The molecule has 0 saturated carbocycles. The van der Waals surface area contributed by atoms with Crippen LogP contribution in [0.2, 0.25) is 0 Å². The summed E-state index contributed by atoms with van der Waals surface area (Å²) in [5.74, 6) is 0.241. The molecule has 2 N–H and O–H groups in total. The van der Waals surface area contributed by atoms with Crippen molar-refractivity contribution < 1.29 is 10.0 Å². The van der Waals surface area contributed by atoms with Gasteiger partial charge in [0.25, 0.3) is 0 Å². The number of nitrogens with one attached hydrogen (secondary N) is 1. The molecule has 5 nitrogen and oxygen atoms in total. The Bertz CT molecular complexity index is 1240. The van der Waals surface area contributed by atoms with E-state index in [0.717, 1.165) is 26.9 Å². The van der Waals surface area contributed by atoms with E-state index in [4.69, 9.17) is 0 Å². The lowest BCUT2D eigenvalue weighted by Gasteiger charge is -2.04. The molecule has 3 aromatic carbocycles. The minimum Gasteiger partial charge on any atom is -0.426 e. The van der Waals surface area contributed by atoms with Gasteiger partial charge in [0, 0.05) is 17.3 Å². The standard InChI is InChI=1S/C25H21N3O2/c1-18-11-16-22-23(17-18)28(30)25(27-22)20-12-14-21(15-13-20)26-24(29)10-6-5-9-19-7-3-2-4-8-19/h2-17,30H,1H3,(H,26,29)/b9-5+,10-6+. The Kier molecular flexibility index (Phi) is 5.44. The van der Waals surface area contributed by atoms with Gasteiger partial charge in [-0.3, -0.25) is 4.79 Å². The highest BCUT2D eigenvalue weighted by Gasteiger charge is 2.12. The molecule has 0 atom stereocenters. The van der Waals surface area contributed by atoms with Crippen molar-refractivity contribution in [3.63, 3.8) is 0 Å². The molecule has 4 rings (SSSR count). The smallest absolute Gasteiger partial charge is 0.248 e. The van der Waals surface area contributed by atoms with Crippen molar-refractivity contribution >= 4 is 28.7 Å². The number of hydrogen-bond donors (Lipinski definition) is 2. The molecule has 0 aliphatic heterocycles. The number of amides is 1. The fourth-order valence-corrected chi connectivity index (χ4v) is 3.12. The molecule has 0 fully saturated rings. The van der Waals surface area contributed by atoms with Crippen molar-refractivity contribution in [3.05, 3.63) is 102 Å². The topological polar surface area (TPSA) is 67.2 Å². The van der Waals surface area contributed by atoms with Gasteiger partial charge in [-0.2, -0.15) is 4.73 Å². The zero-order chi connectivity index (χ0) is 20.9. The van der Waals surface area contributed by atoms with Gasteiger partial charge in [0.1, 0.15) is 5.52 Å². The van der Waals surface area contributed by atoms with Crippen molar-refractivity contribution in [1.82, 2.24) is 9.71 Å². The van der Waals surface area contributed by atoms with Gasteiger partial charge in [0.15, 0.2) is 5.82 Å². The molecule has 5 heteroatoms. The quantitative estimate of drug-likeness (QED) is 0.268. The number of nitrogens with zero attached hydrogens (tertiary/aromatic N) is 2. The predicted octanol–water partition coefficient (Wildman–Crippen LogP) is 5.46. The Hall–Kier alpha value is -4.12. The first-order valence-electron chi connectivity index (χ1n) is 9.60. The van der Waals surface area contributed by atoms with Crippen LogP contribution in [0.4, 0.5) is 5.69 Å². The fraction of sp³-hybridized carbons (Fsp3) is 0.0400. The summed E-state index contributed by atoms with van der Waals surface area (Å²) in [4.78, 5) is 16.6. The molecule has 1 aromatic heterocycles. The first-order valence-corrected chi connectivity index (χ1v) is 9.60. The number of carbonyl (C=O) groups is 1. The van der Waals surface area contributed by atoms with E-state index in [1.165, 1.54) is 6.08 Å². The minimum absolute atomic E-state index is 0.217. The number of hydrogen-bond acceptors (Lipinski definition) is 3. The molecular formula is C25H21N3O2. The first kappa shape index (κ1) is 19.2. The Morgan fingerprint density at radius 2 is 1.77 bits per heavy atom. The van der Waals surface area contributed by atoms with Gasteiger partial charge in [-0.25, -0.2) is 4.98 Å². The number of imidazole rings is 1. The third kappa shape index (κ3) is 4.31. The average molecular weight is 395 g/mol. The molecule has 30 heavy (non-hydrogen) atoms. The van der Waals surface area contributed by atoms with E-state index in [0.29, 0.717) is 17.0 Å². The number of anilines is 1. The van der Waals surface area contributed by atoms with Crippen LogP contribution in [-0.4, -0.2) is 20.8 Å². The fourth-order valence-electron chi connectivity index (χ4n) is 3.12. The molecule has 0 aliphatic rings. The van der Waals surface area contributed by atoms with Crippen molar-refractivity contribution in [2.75, 3.05) is 5.32 Å². The number of carbonyl (C=O) groups excluding carboxylic acids is 1. The maximum absolute atomic E-state index is 12.1. The molecule has 0 spiro atoms. The molecule has 0 radical (unpaired) electrons. The van der Waals surface area contributed by atoms with Crippen LogP contribution < -0.4 is 5.32 Å². The van der Waals surface area contributed by atoms with E-state index < -0.39 is 0 Å². The van der Waals surface area contributed by atoms with Gasteiger partial charge in [-0.15, -0.1) is 0 Å². The van der Waals surface area contributed by atoms with Crippen LogP contribution in [0.5, 0.6) is 0 Å². The Morgan fingerprint density at radius 1 is 1.00 bits per heavy atom. The van der Waals surface area contributed by atoms with E-state index in [2.05, 4.69) is 10.3 Å². The highest BCUT2D eigenvalue weighted by atomic mass is 16.5. The summed E-state index contributed by atoms with van der Waals surface area (Å²) in [7, 11) is 0. The van der Waals surface area contributed by atoms with E-state index in [1.54, 1.807) is 18.2 Å². The molecule has 148 valence electrons.